The summed E-state index contributed by atoms with van der Waals surface area (Å²) in [6.07, 6.45) is 2.12. The summed E-state index contributed by atoms with van der Waals surface area (Å²) in [6, 6.07) is 12.7. The maximum Gasteiger partial charge on any atom is 0.254 e. The third-order valence-electron chi connectivity index (χ3n) is 5.53. The van der Waals surface area contributed by atoms with E-state index < -0.39 is 0 Å². The molecule has 2 amide bonds. The number of halogens is 1. The Labute approximate surface area is 175 Å². The number of rotatable bonds is 4. The monoisotopic (exact) mass is 409 g/mol. The summed E-state index contributed by atoms with van der Waals surface area (Å²) in [4.78, 5) is 30.6. The number of nitrogens with one attached hydrogen (secondary N) is 2. The van der Waals surface area contributed by atoms with Gasteiger partial charge in [0.25, 0.3) is 11.8 Å². The number of hydrogen-bond donors (Lipinski definition) is 2. The lowest BCUT2D eigenvalue weighted by molar-refractivity contribution is 0.0791. The average molecular weight is 410 g/mol. The highest BCUT2D eigenvalue weighted by Crippen LogP contribution is 2.24. The molecule has 0 bridgehead atoms. The molecule has 1 atom stereocenters. The highest BCUT2D eigenvalue weighted by molar-refractivity contribution is 6.31. The van der Waals surface area contributed by atoms with Gasteiger partial charge in [0.15, 0.2) is 0 Å². The summed E-state index contributed by atoms with van der Waals surface area (Å²) in [5.74, 6) is -0.116. The molecule has 3 aromatic rings. The lowest BCUT2D eigenvalue weighted by atomic mass is 10.0. The molecule has 29 heavy (non-hydrogen) atoms. The van der Waals surface area contributed by atoms with Crippen LogP contribution in [0, 0.1) is 6.92 Å². The zero-order chi connectivity index (χ0) is 20.5. The van der Waals surface area contributed by atoms with Crippen molar-refractivity contribution in [3.8, 4) is 0 Å². The van der Waals surface area contributed by atoms with Gasteiger partial charge in [0, 0.05) is 45.8 Å². The number of nitrogens with zero attached hydrogens (tertiary/aromatic N) is 1. The van der Waals surface area contributed by atoms with Crippen LogP contribution < -0.4 is 5.32 Å². The molecule has 1 saturated heterocycles. The largest absolute Gasteiger partial charge is 0.357 e. The third kappa shape index (κ3) is 4.01. The van der Waals surface area contributed by atoms with Crippen LogP contribution in [0.4, 0.5) is 0 Å². The van der Waals surface area contributed by atoms with Crippen LogP contribution in [-0.2, 0) is 0 Å². The quantitative estimate of drug-likeness (QED) is 0.646. The molecule has 5 nitrogen and oxygen atoms in total. The fraction of sp³-hybridized carbons (Fsp3) is 0.304. The van der Waals surface area contributed by atoms with Crippen LogP contribution in [0.25, 0.3) is 10.9 Å². The number of aromatic nitrogens is 1. The van der Waals surface area contributed by atoms with Crippen LogP contribution in [0.3, 0.4) is 0 Å². The van der Waals surface area contributed by atoms with Gasteiger partial charge in [-0.05, 0) is 74.7 Å². The normalized spacial score (nSPS) is 14.9. The van der Waals surface area contributed by atoms with E-state index in [1.807, 2.05) is 43.0 Å². The lowest BCUT2D eigenvalue weighted by Crippen LogP contribution is -2.29. The van der Waals surface area contributed by atoms with Crippen molar-refractivity contribution in [1.29, 1.82) is 0 Å². The molecule has 1 unspecified atom stereocenters. The second kappa shape index (κ2) is 7.91. The van der Waals surface area contributed by atoms with Gasteiger partial charge in [-0.15, -0.1) is 0 Å². The van der Waals surface area contributed by atoms with E-state index in [4.69, 9.17) is 11.6 Å². The van der Waals surface area contributed by atoms with Gasteiger partial charge in [0.05, 0.1) is 6.04 Å². The zero-order valence-electron chi connectivity index (χ0n) is 16.6. The Bertz CT molecular complexity index is 1080. The van der Waals surface area contributed by atoms with E-state index in [1.54, 1.807) is 18.2 Å². The molecule has 1 aromatic heterocycles. The van der Waals surface area contributed by atoms with E-state index in [9.17, 15) is 9.59 Å². The minimum Gasteiger partial charge on any atom is -0.357 e. The van der Waals surface area contributed by atoms with E-state index in [0.717, 1.165) is 48.1 Å². The zero-order valence-corrected chi connectivity index (χ0v) is 17.3. The second-order valence-corrected chi connectivity index (χ2v) is 8.12. The second-order valence-electron chi connectivity index (χ2n) is 7.68. The van der Waals surface area contributed by atoms with Gasteiger partial charge < -0.3 is 15.2 Å². The summed E-state index contributed by atoms with van der Waals surface area (Å²) in [5, 5.41) is 4.71. The molecule has 0 saturated carbocycles. The van der Waals surface area contributed by atoms with Crippen LogP contribution in [0.15, 0.2) is 42.5 Å². The van der Waals surface area contributed by atoms with Crippen molar-refractivity contribution < 1.29 is 9.59 Å². The molecule has 1 aliphatic rings. The number of likely N-dealkylation sites (tertiary alicyclic amines) is 1. The van der Waals surface area contributed by atoms with Crippen LogP contribution in [0.5, 0.6) is 0 Å². The number of carbonyl (C=O) groups is 2. The Balaban J connectivity index is 1.48. The Morgan fingerprint density at radius 3 is 2.59 bits per heavy atom. The SMILES string of the molecule is Cc1cc(C(=O)NC(C)c2cc3cc(Cl)ccc3[nH]2)ccc1C(=O)N1CCCC1. The molecule has 2 N–H and O–H groups in total. The van der Waals surface area contributed by atoms with Crippen molar-refractivity contribution in [3.63, 3.8) is 0 Å². The molecule has 6 heteroatoms. The number of fused-ring (bicyclic) bond motifs is 1. The standard InChI is InChI=1S/C23H24ClN3O2/c1-14-11-16(5-7-19(14)23(29)27-9-3-4-10-27)22(28)25-15(2)21-13-17-12-18(24)6-8-20(17)26-21/h5-8,11-13,15,26H,3-4,9-10H2,1-2H3,(H,25,28). The third-order valence-corrected chi connectivity index (χ3v) is 5.77. The lowest BCUT2D eigenvalue weighted by Gasteiger charge is -2.17. The molecule has 2 heterocycles. The number of hydrogen-bond acceptors (Lipinski definition) is 2. The predicted molar refractivity (Wildman–Crippen MR) is 116 cm³/mol. The highest BCUT2D eigenvalue weighted by atomic mass is 35.5. The van der Waals surface area contributed by atoms with E-state index >= 15 is 0 Å². The first-order chi connectivity index (χ1) is 13.9. The highest BCUT2D eigenvalue weighted by Gasteiger charge is 2.22. The number of amides is 2. The molecule has 0 radical (unpaired) electrons. The topological polar surface area (TPSA) is 65.2 Å². The molecule has 1 fully saturated rings. The maximum absolute atomic E-state index is 12.7. The van der Waals surface area contributed by atoms with Crippen LogP contribution in [0.1, 0.15) is 57.8 Å². The molecule has 0 aliphatic carbocycles. The molecular weight excluding hydrogens is 386 g/mol. The van der Waals surface area contributed by atoms with Crippen molar-refractivity contribution in [2.45, 2.75) is 32.7 Å². The van der Waals surface area contributed by atoms with Crippen molar-refractivity contribution in [3.05, 3.63) is 69.9 Å². The summed E-state index contributed by atoms with van der Waals surface area (Å²) in [7, 11) is 0. The van der Waals surface area contributed by atoms with Crippen molar-refractivity contribution in [2.24, 2.45) is 0 Å². The van der Waals surface area contributed by atoms with Gasteiger partial charge in [-0.1, -0.05) is 11.6 Å². The summed E-state index contributed by atoms with van der Waals surface area (Å²) in [6.45, 7) is 5.44. The fourth-order valence-corrected chi connectivity index (χ4v) is 4.03. The smallest absolute Gasteiger partial charge is 0.254 e. The summed E-state index contributed by atoms with van der Waals surface area (Å²) < 4.78 is 0. The first kappa shape index (κ1) is 19.5. The van der Waals surface area contributed by atoms with Gasteiger partial charge in [0.2, 0.25) is 0 Å². The van der Waals surface area contributed by atoms with Gasteiger partial charge in [-0.3, -0.25) is 9.59 Å². The predicted octanol–water partition coefficient (Wildman–Crippen LogP) is 4.86. The van der Waals surface area contributed by atoms with Gasteiger partial charge in [0.1, 0.15) is 0 Å². The van der Waals surface area contributed by atoms with Gasteiger partial charge in [-0.25, -0.2) is 0 Å². The first-order valence-electron chi connectivity index (χ1n) is 9.91. The summed E-state index contributed by atoms with van der Waals surface area (Å²) in [5.41, 5.74) is 3.93. The van der Waals surface area contributed by atoms with Crippen molar-refractivity contribution in [1.82, 2.24) is 15.2 Å². The maximum atomic E-state index is 12.7. The number of aryl methyl sites for hydroxylation is 1. The fourth-order valence-electron chi connectivity index (χ4n) is 3.85. The molecule has 1 aliphatic heterocycles. The summed E-state index contributed by atoms with van der Waals surface area (Å²) >= 11 is 6.05. The van der Waals surface area contributed by atoms with E-state index in [0.29, 0.717) is 16.1 Å². The Morgan fingerprint density at radius 2 is 1.86 bits per heavy atom. The number of H-pyrrole nitrogens is 1. The van der Waals surface area contributed by atoms with Gasteiger partial charge in [-0.2, -0.15) is 0 Å². The minimum atomic E-state index is -0.195. The Kier molecular flexibility index (Phi) is 5.33. The number of benzene rings is 2. The average Bonchev–Trinajstić information content (AvgIpc) is 3.36. The van der Waals surface area contributed by atoms with E-state index in [1.165, 1.54) is 0 Å². The van der Waals surface area contributed by atoms with Crippen LogP contribution >= 0.6 is 11.6 Å². The molecule has 150 valence electrons. The van der Waals surface area contributed by atoms with E-state index in [2.05, 4.69) is 10.3 Å². The van der Waals surface area contributed by atoms with Crippen molar-refractivity contribution >= 4 is 34.3 Å². The van der Waals surface area contributed by atoms with Crippen molar-refractivity contribution in [2.75, 3.05) is 13.1 Å². The first-order valence-corrected chi connectivity index (χ1v) is 10.3. The Morgan fingerprint density at radius 1 is 1.10 bits per heavy atom. The Hall–Kier alpha value is -2.79. The van der Waals surface area contributed by atoms with E-state index in [-0.39, 0.29) is 17.9 Å². The molecule has 0 spiro atoms. The minimum absolute atomic E-state index is 0.0528. The van der Waals surface area contributed by atoms with Crippen LogP contribution in [-0.4, -0.2) is 34.8 Å². The molecular formula is C23H24ClN3O2. The number of aromatic amines is 1. The van der Waals surface area contributed by atoms with Crippen LogP contribution in [0.2, 0.25) is 5.02 Å². The number of carbonyl (C=O) groups excluding carboxylic acids is 2. The molecule has 4 rings (SSSR count). The molecule has 2 aromatic carbocycles. The van der Waals surface area contributed by atoms with Gasteiger partial charge >= 0.3 is 0 Å².